The van der Waals surface area contributed by atoms with E-state index in [9.17, 15) is 0 Å². The molecule has 31 heavy (non-hydrogen) atoms. The zero-order valence-corrected chi connectivity index (χ0v) is 20.8. The van der Waals surface area contributed by atoms with Gasteiger partial charge < -0.3 is 24.8 Å². The molecule has 2 aromatic rings. The third-order valence-corrected chi connectivity index (χ3v) is 5.92. The first kappa shape index (κ1) is 23.4. The summed E-state index contributed by atoms with van der Waals surface area (Å²) in [6, 6.07) is 12.6. The van der Waals surface area contributed by atoms with Crippen molar-refractivity contribution in [3.63, 3.8) is 0 Å². The summed E-state index contributed by atoms with van der Waals surface area (Å²) in [6.45, 7) is 6.81. The van der Waals surface area contributed by atoms with Crippen molar-refractivity contribution in [2.24, 2.45) is 4.99 Å². The summed E-state index contributed by atoms with van der Waals surface area (Å²) in [7, 11) is 3.55. The van der Waals surface area contributed by atoms with E-state index in [2.05, 4.69) is 54.3 Å². The number of piperazine rings is 1. The molecule has 8 heteroatoms. The van der Waals surface area contributed by atoms with Crippen LogP contribution in [-0.2, 0) is 6.54 Å². The SMILES string of the molecule is CN=C(NCc1ccc(N2CCCC2)nc1)N1CCN(c2ccc(OC)cc2)CC1.I. The monoisotopic (exact) mass is 536 g/mol. The van der Waals surface area contributed by atoms with Gasteiger partial charge in [0.1, 0.15) is 11.6 Å². The normalized spacial score (nSPS) is 16.8. The molecule has 3 heterocycles. The molecule has 0 atom stereocenters. The highest BCUT2D eigenvalue weighted by molar-refractivity contribution is 14.0. The number of aliphatic imine (C=N–C) groups is 1. The highest BCUT2D eigenvalue weighted by Gasteiger charge is 2.20. The van der Waals surface area contributed by atoms with E-state index >= 15 is 0 Å². The number of halogens is 1. The number of hydrogen-bond donors (Lipinski definition) is 1. The van der Waals surface area contributed by atoms with Gasteiger partial charge in [-0.15, -0.1) is 24.0 Å². The van der Waals surface area contributed by atoms with Crippen LogP contribution >= 0.6 is 24.0 Å². The zero-order valence-electron chi connectivity index (χ0n) is 18.5. The summed E-state index contributed by atoms with van der Waals surface area (Å²) in [6.07, 6.45) is 4.52. The minimum atomic E-state index is 0. The van der Waals surface area contributed by atoms with Crippen LogP contribution in [0.5, 0.6) is 5.75 Å². The number of hydrogen-bond acceptors (Lipinski definition) is 5. The number of nitrogens with one attached hydrogen (secondary N) is 1. The van der Waals surface area contributed by atoms with Crippen molar-refractivity contribution in [2.75, 3.05) is 63.2 Å². The number of benzene rings is 1. The van der Waals surface area contributed by atoms with E-state index in [1.807, 2.05) is 25.4 Å². The minimum Gasteiger partial charge on any atom is -0.497 e. The largest absolute Gasteiger partial charge is 0.497 e. The fraction of sp³-hybridized carbons (Fsp3) is 0.478. The Labute approximate surface area is 202 Å². The van der Waals surface area contributed by atoms with Gasteiger partial charge in [-0.25, -0.2) is 4.98 Å². The molecule has 0 radical (unpaired) electrons. The first-order valence-electron chi connectivity index (χ1n) is 10.8. The van der Waals surface area contributed by atoms with Gasteiger partial charge in [0.05, 0.1) is 7.11 Å². The van der Waals surface area contributed by atoms with Crippen LogP contribution in [0.3, 0.4) is 0 Å². The van der Waals surface area contributed by atoms with Crippen LogP contribution in [0, 0.1) is 0 Å². The van der Waals surface area contributed by atoms with Crippen molar-refractivity contribution in [1.82, 2.24) is 15.2 Å². The Morgan fingerprint density at radius 1 is 0.968 bits per heavy atom. The summed E-state index contributed by atoms with van der Waals surface area (Å²) in [4.78, 5) is 16.2. The van der Waals surface area contributed by atoms with Gasteiger partial charge in [0.25, 0.3) is 0 Å². The molecule has 2 saturated heterocycles. The zero-order chi connectivity index (χ0) is 20.8. The lowest BCUT2D eigenvalue weighted by Gasteiger charge is -2.37. The Kier molecular flexibility index (Phi) is 8.62. The number of rotatable bonds is 5. The number of nitrogens with zero attached hydrogens (tertiary/aromatic N) is 5. The predicted octanol–water partition coefficient (Wildman–Crippen LogP) is 3.21. The van der Waals surface area contributed by atoms with Crippen LogP contribution < -0.4 is 19.9 Å². The lowest BCUT2D eigenvalue weighted by atomic mass is 10.2. The van der Waals surface area contributed by atoms with Gasteiger partial charge in [-0.3, -0.25) is 4.99 Å². The van der Waals surface area contributed by atoms with Crippen LogP contribution in [0.25, 0.3) is 0 Å². The number of ether oxygens (including phenoxy) is 1. The van der Waals surface area contributed by atoms with Crippen LogP contribution in [-0.4, -0.2) is 69.3 Å². The van der Waals surface area contributed by atoms with Crippen molar-refractivity contribution in [2.45, 2.75) is 19.4 Å². The molecule has 168 valence electrons. The molecule has 4 rings (SSSR count). The molecule has 2 aliphatic rings. The van der Waals surface area contributed by atoms with Crippen LogP contribution in [0.2, 0.25) is 0 Å². The lowest BCUT2D eigenvalue weighted by Crippen LogP contribution is -2.52. The van der Waals surface area contributed by atoms with Gasteiger partial charge >= 0.3 is 0 Å². The standard InChI is InChI=1S/C23H32N6O.HI/c1-24-23(26-18-19-5-10-22(25-17-19)28-11-3-4-12-28)29-15-13-27(14-16-29)20-6-8-21(30-2)9-7-20;/h5-10,17H,3-4,11-16,18H2,1-2H3,(H,24,26);1H. The Balaban J connectivity index is 0.00000272. The first-order chi connectivity index (χ1) is 14.8. The Morgan fingerprint density at radius 3 is 2.26 bits per heavy atom. The fourth-order valence-corrected chi connectivity index (χ4v) is 4.14. The second-order valence-electron chi connectivity index (χ2n) is 7.79. The quantitative estimate of drug-likeness (QED) is 0.360. The Hall–Kier alpha value is -2.23. The second-order valence-corrected chi connectivity index (χ2v) is 7.79. The second kappa shape index (κ2) is 11.4. The van der Waals surface area contributed by atoms with E-state index in [0.29, 0.717) is 0 Å². The third kappa shape index (κ3) is 5.93. The maximum atomic E-state index is 5.26. The van der Waals surface area contributed by atoms with Crippen molar-refractivity contribution in [3.05, 3.63) is 48.2 Å². The van der Waals surface area contributed by atoms with Gasteiger partial charge in [-0.1, -0.05) is 6.07 Å². The Bertz CT molecular complexity index is 828. The number of anilines is 2. The predicted molar refractivity (Wildman–Crippen MR) is 138 cm³/mol. The number of guanidine groups is 1. The Morgan fingerprint density at radius 2 is 1.68 bits per heavy atom. The molecule has 1 aromatic heterocycles. The van der Waals surface area contributed by atoms with Gasteiger partial charge in [-0.05, 0) is 48.7 Å². The molecule has 1 N–H and O–H groups in total. The van der Waals surface area contributed by atoms with Gasteiger partial charge in [-0.2, -0.15) is 0 Å². The maximum Gasteiger partial charge on any atom is 0.194 e. The number of aromatic nitrogens is 1. The van der Waals surface area contributed by atoms with E-state index in [4.69, 9.17) is 4.74 Å². The average Bonchev–Trinajstić information content (AvgIpc) is 3.35. The smallest absolute Gasteiger partial charge is 0.194 e. The molecule has 2 aliphatic heterocycles. The molecular formula is C23H33IN6O. The van der Waals surface area contributed by atoms with Crippen LogP contribution in [0.4, 0.5) is 11.5 Å². The molecule has 2 fully saturated rings. The van der Waals surface area contributed by atoms with Crippen molar-refractivity contribution >= 4 is 41.4 Å². The van der Waals surface area contributed by atoms with Gasteiger partial charge in [0.15, 0.2) is 5.96 Å². The number of methoxy groups -OCH3 is 1. The summed E-state index contributed by atoms with van der Waals surface area (Å²) in [5.41, 5.74) is 2.42. The maximum absolute atomic E-state index is 5.26. The van der Waals surface area contributed by atoms with Gasteiger partial charge in [0.2, 0.25) is 0 Å². The van der Waals surface area contributed by atoms with E-state index in [0.717, 1.165) is 63.3 Å². The summed E-state index contributed by atoms with van der Waals surface area (Å²) in [5.74, 6) is 2.94. The summed E-state index contributed by atoms with van der Waals surface area (Å²) >= 11 is 0. The highest BCUT2D eigenvalue weighted by atomic mass is 127. The molecule has 0 bridgehead atoms. The van der Waals surface area contributed by atoms with Crippen molar-refractivity contribution in [3.8, 4) is 5.75 Å². The van der Waals surface area contributed by atoms with Crippen LogP contribution in [0.15, 0.2) is 47.6 Å². The molecule has 0 aliphatic carbocycles. The fourth-order valence-electron chi connectivity index (χ4n) is 4.14. The first-order valence-corrected chi connectivity index (χ1v) is 10.8. The molecule has 0 spiro atoms. The van der Waals surface area contributed by atoms with E-state index < -0.39 is 0 Å². The van der Waals surface area contributed by atoms with E-state index in [1.54, 1.807) is 7.11 Å². The molecule has 0 saturated carbocycles. The highest BCUT2D eigenvalue weighted by Crippen LogP contribution is 2.21. The molecular weight excluding hydrogens is 503 g/mol. The summed E-state index contributed by atoms with van der Waals surface area (Å²) < 4.78 is 5.26. The number of pyridine rings is 1. The lowest BCUT2D eigenvalue weighted by molar-refractivity contribution is 0.372. The molecule has 0 amide bonds. The molecule has 7 nitrogen and oxygen atoms in total. The van der Waals surface area contributed by atoms with Gasteiger partial charge in [0, 0.05) is 64.7 Å². The average molecular weight is 536 g/mol. The topological polar surface area (TPSA) is 56.2 Å². The van der Waals surface area contributed by atoms with E-state index in [1.165, 1.54) is 24.1 Å². The molecule has 1 aromatic carbocycles. The summed E-state index contributed by atoms with van der Waals surface area (Å²) in [5, 5.41) is 3.50. The van der Waals surface area contributed by atoms with Crippen molar-refractivity contribution in [1.29, 1.82) is 0 Å². The minimum absolute atomic E-state index is 0. The van der Waals surface area contributed by atoms with Crippen molar-refractivity contribution < 1.29 is 4.74 Å². The van der Waals surface area contributed by atoms with E-state index in [-0.39, 0.29) is 24.0 Å². The molecule has 0 unspecified atom stereocenters. The third-order valence-electron chi connectivity index (χ3n) is 5.92. The van der Waals surface area contributed by atoms with Crippen LogP contribution in [0.1, 0.15) is 18.4 Å².